The van der Waals surface area contributed by atoms with Gasteiger partial charge in [-0.05, 0) is 32.9 Å². The number of amides is 1. The van der Waals surface area contributed by atoms with Gasteiger partial charge in [-0.2, -0.15) is 0 Å². The number of ether oxygens (including phenoxy) is 2. The second-order valence-corrected chi connectivity index (χ2v) is 13.8. The molecule has 0 aliphatic heterocycles. The van der Waals surface area contributed by atoms with Gasteiger partial charge in [-0.25, -0.2) is 14.8 Å². The van der Waals surface area contributed by atoms with Gasteiger partial charge in [0.15, 0.2) is 11.5 Å². The molecule has 0 spiro atoms. The molecule has 0 unspecified atom stereocenters. The Hall–Kier alpha value is -1.93. The molecule has 0 radical (unpaired) electrons. The van der Waals surface area contributed by atoms with Crippen LogP contribution in [0, 0.1) is 0 Å². The van der Waals surface area contributed by atoms with Gasteiger partial charge in [0.25, 0.3) is 0 Å². The molecule has 0 fully saturated rings. The van der Waals surface area contributed by atoms with Gasteiger partial charge in [0.05, 0.1) is 6.20 Å². The summed E-state index contributed by atoms with van der Waals surface area (Å²) in [6, 6.07) is 2.98. The van der Waals surface area contributed by atoms with Crippen LogP contribution in [0.15, 0.2) is 18.5 Å². The van der Waals surface area contributed by atoms with Crippen molar-refractivity contribution < 1.29 is 14.3 Å². The Bertz CT molecular complexity index is 732. The molecular weight excluding hydrogens is 336 g/mol. The van der Waals surface area contributed by atoms with E-state index < -0.39 is 19.8 Å². The molecule has 0 aromatic carbocycles. The quantitative estimate of drug-likeness (QED) is 0.617. The number of nitrogens with one attached hydrogen (secondary N) is 1. The van der Waals surface area contributed by atoms with E-state index in [0.717, 1.165) is 18.3 Å². The zero-order valence-corrected chi connectivity index (χ0v) is 16.9. The van der Waals surface area contributed by atoms with Crippen molar-refractivity contribution in [2.24, 2.45) is 0 Å². The standard InChI is InChI=1S/C17H28N4O3Si/c1-17(2,3)24-16(22)20-14-11-18-15-13(19-14)7-8-21(15)12-23-9-10-25(4,5)6/h7-8,11H,9-10,12H2,1-6H3,(H,19,20,22). The summed E-state index contributed by atoms with van der Waals surface area (Å²) in [5.74, 6) is 0.360. The predicted octanol–water partition coefficient (Wildman–Crippen LogP) is 4.09. The molecular formula is C17H28N4O3Si. The number of carbonyl (C=O) groups is 1. The zero-order valence-electron chi connectivity index (χ0n) is 15.9. The Morgan fingerprint density at radius 2 is 2.04 bits per heavy atom. The third-order valence-electron chi connectivity index (χ3n) is 3.32. The smallest absolute Gasteiger partial charge is 0.413 e. The van der Waals surface area contributed by atoms with Gasteiger partial charge in [-0.1, -0.05) is 19.6 Å². The molecule has 2 heterocycles. The molecule has 1 N–H and O–H groups in total. The Morgan fingerprint density at radius 3 is 2.68 bits per heavy atom. The molecule has 2 aromatic heterocycles. The number of rotatable bonds is 6. The highest BCUT2D eigenvalue weighted by Crippen LogP contribution is 2.15. The minimum Gasteiger partial charge on any atom is -0.444 e. The number of anilines is 1. The highest BCUT2D eigenvalue weighted by Gasteiger charge is 2.17. The number of aromatic nitrogens is 3. The first kappa shape index (κ1) is 19.4. The van der Waals surface area contributed by atoms with Crippen LogP contribution in [0.25, 0.3) is 11.2 Å². The van der Waals surface area contributed by atoms with E-state index in [1.165, 1.54) is 6.20 Å². The summed E-state index contributed by atoms with van der Waals surface area (Å²) in [4.78, 5) is 20.6. The summed E-state index contributed by atoms with van der Waals surface area (Å²) in [7, 11) is -1.09. The number of fused-ring (bicyclic) bond motifs is 1. The van der Waals surface area contributed by atoms with Crippen molar-refractivity contribution in [2.45, 2.75) is 58.8 Å². The van der Waals surface area contributed by atoms with Crippen LogP contribution in [-0.2, 0) is 16.2 Å². The largest absolute Gasteiger partial charge is 0.444 e. The molecule has 0 aliphatic rings. The Kier molecular flexibility index (Phi) is 5.84. The normalized spacial score (nSPS) is 12.4. The fourth-order valence-electron chi connectivity index (χ4n) is 2.08. The lowest BCUT2D eigenvalue weighted by molar-refractivity contribution is 0.0635. The first-order valence-corrected chi connectivity index (χ1v) is 12.1. The molecule has 138 valence electrons. The van der Waals surface area contributed by atoms with Crippen LogP contribution < -0.4 is 5.32 Å². The molecule has 0 aliphatic carbocycles. The van der Waals surface area contributed by atoms with Gasteiger partial charge >= 0.3 is 6.09 Å². The average molecular weight is 365 g/mol. The van der Waals surface area contributed by atoms with Crippen molar-refractivity contribution in [2.75, 3.05) is 11.9 Å². The molecule has 0 bridgehead atoms. The van der Waals surface area contributed by atoms with Crippen molar-refractivity contribution >= 4 is 31.1 Å². The summed E-state index contributed by atoms with van der Waals surface area (Å²) in [5, 5.41) is 2.60. The Labute approximate surface area is 149 Å². The van der Waals surface area contributed by atoms with Crippen LogP contribution >= 0.6 is 0 Å². The minimum absolute atomic E-state index is 0.360. The summed E-state index contributed by atoms with van der Waals surface area (Å²) in [6.07, 6.45) is 2.86. The van der Waals surface area contributed by atoms with Crippen LogP contribution in [-0.4, -0.2) is 40.9 Å². The molecule has 1 amide bonds. The van der Waals surface area contributed by atoms with Crippen molar-refractivity contribution in [3.05, 3.63) is 18.5 Å². The van der Waals surface area contributed by atoms with E-state index in [4.69, 9.17) is 9.47 Å². The maximum Gasteiger partial charge on any atom is 0.413 e. The molecule has 8 heteroatoms. The monoisotopic (exact) mass is 364 g/mol. The summed E-state index contributed by atoms with van der Waals surface area (Å²) in [6.45, 7) is 13.6. The molecule has 0 saturated carbocycles. The van der Waals surface area contributed by atoms with E-state index in [1.54, 1.807) is 0 Å². The van der Waals surface area contributed by atoms with E-state index in [9.17, 15) is 4.79 Å². The highest BCUT2D eigenvalue weighted by atomic mass is 28.3. The van der Waals surface area contributed by atoms with Crippen LogP contribution in [0.5, 0.6) is 0 Å². The Balaban J connectivity index is 1.97. The predicted molar refractivity (Wildman–Crippen MR) is 101 cm³/mol. The zero-order chi connectivity index (χ0) is 18.7. The fourth-order valence-corrected chi connectivity index (χ4v) is 2.83. The lowest BCUT2D eigenvalue weighted by Crippen LogP contribution is -2.27. The van der Waals surface area contributed by atoms with Crippen LogP contribution in [0.2, 0.25) is 25.7 Å². The first-order valence-electron chi connectivity index (χ1n) is 8.43. The maximum atomic E-state index is 11.8. The van der Waals surface area contributed by atoms with Crippen molar-refractivity contribution in [1.82, 2.24) is 14.5 Å². The number of hydrogen-bond donors (Lipinski definition) is 1. The number of nitrogens with zero attached hydrogens (tertiary/aromatic N) is 3. The van der Waals surface area contributed by atoms with Gasteiger partial charge in [-0.3, -0.25) is 5.32 Å². The van der Waals surface area contributed by atoms with Crippen molar-refractivity contribution in [3.8, 4) is 0 Å². The summed E-state index contributed by atoms with van der Waals surface area (Å²) >= 11 is 0. The molecule has 2 rings (SSSR count). The van der Waals surface area contributed by atoms with E-state index in [2.05, 4.69) is 34.9 Å². The molecule has 2 aromatic rings. The van der Waals surface area contributed by atoms with Gasteiger partial charge in [-0.15, -0.1) is 0 Å². The van der Waals surface area contributed by atoms with Crippen molar-refractivity contribution in [3.63, 3.8) is 0 Å². The lowest BCUT2D eigenvalue weighted by atomic mass is 10.2. The topological polar surface area (TPSA) is 78.3 Å². The first-order chi connectivity index (χ1) is 11.5. The van der Waals surface area contributed by atoms with E-state index in [1.807, 2.05) is 37.6 Å². The van der Waals surface area contributed by atoms with E-state index in [0.29, 0.717) is 18.1 Å². The second-order valence-electron chi connectivity index (χ2n) is 8.22. The van der Waals surface area contributed by atoms with Crippen molar-refractivity contribution in [1.29, 1.82) is 0 Å². The maximum absolute atomic E-state index is 11.8. The third-order valence-corrected chi connectivity index (χ3v) is 5.02. The minimum atomic E-state index is -1.09. The van der Waals surface area contributed by atoms with E-state index >= 15 is 0 Å². The fraction of sp³-hybridized carbons (Fsp3) is 0.588. The number of hydrogen-bond acceptors (Lipinski definition) is 5. The van der Waals surface area contributed by atoms with Crippen LogP contribution in [0.3, 0.4) is 0 Å². The average Bonchev–Trinajstić information content (AvgIpc) is 2.83. The number of carbonyl (C=O) groups excluding carboxylic acids is 1. The molecule has 25 heavy (non-hydrogen) atoms. The summed E-state index contributed by atoms with van der Waals surface area (Å²) < 4.78 is 12.9. The highest BCUT2D eigenvalue weighted by molar-refractivity contribution is 6.76. The van der Waals surface area contributed by atoms with Crippen LogP contribution in [0.4, 0.5) is 10.6 Å². The SMILES string of the molecule is CC(C)(C)OC(=O)Nc1cnc2c(ccn2COCC[Si](C)(C)C)n1. The van der Waals surface area contributed by atoms with Gasteiger partial charge in [0, 0.05) is 20.9 Å². The lowest BCUT2D eigenvalue weighted by Gasteiger charge is -2.19. The van der Waals surface area contributed by atoms with E-state index in [-0.39, 0.29) is 0 Å². The Morgan fingerprint density at radius 1 is 1.32 bits per heavy atom. The molecule has 7 nitrogen and oxygen atoms in total. The molecule has 0 atom stereocenters. The third kappa shape index (κ3) is 6.47. The molecule has 0 saturated heterocycles. The van der Waals surface area contributed by atoms with Gasteiger partial charge in [0.1, 0.15) is 17.8 Å². The van der Waals surface area contributed by atoms with Gasteiger partial charge in [0.2, 0.25) is 0 Å². The van der Waals surface area contributed by atoms with Crippen LogP contribution in [0.1, 0.15) is 20.8 Å². The summed E-state index contributed by atoms with van der Waals surface area (Å²) in [5.41, 5.74) is 0.864. The second kappa shape index (κ2) is 7.53. The van der Waals surface area contributed by atoms with Gasteiger partial charge < -0.3 is 14.0 Å².